The van der Waals surface area contributed by atoms with E-state index in [2.05, 4.69) is 20.2 Å². The van der Waals surface area contributed by atoms with Crippen LogP contribution < -0.4 is 5.56 Å². The molecule has 22 heavy (non-hydrogen) atoms. The first-order valence-corrected chi connectivity index (χ1v) is 6.63. The number of hydrogen-bond donors (Lipinski definition) is 1. The number of nitrogens with zero attached hydrogens (tertiary/aromatic N) is 5. The second kappa shape index (κ2) is 4.42. The van der Waals surface area contributed by atoms with Crippen LogP contribution in [-0.2, 0) is 14.1 Å². The van der Waals surface area contributed by atoms with Gasteiger partial charge in [-0.25, -0.2) is 0 Å². The molecule has 1 N–H and O–H groups in total. The van der Waals surface area contributed by atoms with E-state index in [1.54, 1.807) is 24.0 Å². The van der Waals surface area contributed by atoms with E-state index in [9.17, 15) is 4.79 Å². The Morgan fingerprint density at radius 2 is 2.18 bits per heavy atom. The van der Waals surface area contributed by atoms with Gasteiger partial charge in [-0.3, -0.25) is 9.48 Å². The Morgan fingerprint density at radius 3 is 2.95 bits per heavy atom. The molecule has 0 saturated carbocycles. The first-order chi connectivity index (χ1) is 10.6. The maximum absolute atomic E-state index is 12.2. The molecule has 0 spiro atoms. The zero-order valence-electron chi connectivity index (χ0n) is 11.9. The van der Waals surface area contributed by atoms with Crippen molar-refractivity contribution in [2.45, 2.75) is 0 Å². The van der Waals surface area contributed by atoms with Crippen molar-refractivity contribution in [1.29, 1.82) is 0 Å². The minimum absolute atomic E-state index is 0.184. The van der Waals surface area contributed by atoms with Gasteiger partial charge in [0.05, 0.1) is 17.2 Å². The first-order valence-electron chi connectivity index (χ1n) is 6.63. The summed E-state index contributed by atoms with van der Waals surface area (Å²) in [5.41, 5.74) is 2.32. The van der Waals surface area contributed by atoms with Gasteiger partial charge in [0.1, 0.15) is 5.56 Å². The van der Waals surface area contributed by atoms with Crippen LogP contribution in [0.5, 0.6) is 0 Å². The molecule has 8 nitrogen and oxygen atoms in total. The normalized spacial score (nSPS) is 11.4. The van der Waals surface area contributed by atoms with Crippen molar-refractivity contribution in [3.8, 4) is 22.8 Å². The van der Waals surface area contributed by atoms with E-state index in [-0.39, 0.29) is 11.4 Å². The van der Waals surface area contributed by atoms with Crippen molar-refractivity contribution < 1.29 is 4.52 Å². The molecule has 0 unspecified atom stereocenters. The highest BCUT2D eigenvalue weighted by Crippen LogP contribution is 2.21. The molecule has 0 aliphatic carbocycles. The fourth-order valence-electron chi connectivity index (χ4n) is 2.35. The molecule has 4 heterocycles. The van der Waals surface area contributed by atoms with Crippen LogP contribution in [-0.4, -0.2) is 29.5 Å². The lowest BCUT2D eigenvalue weighted by Crippen LogP contribution is -2.09. The minimum Gasteiger partial charge on any atom is -0.357 e. The summed E-state index contributed by atoms with van der Waals surface area (Å²) in [5, 5.41) is 8.04. The van der Waals surface area contributed by atoms with Gasteiger partial charge in [-0.2, -0.15) is 10.1 Å². The Hall–Kier alpha value is -3.16. The van der Waals surface area contributed by atoms with Crippen LogP contribution in [0.25, 0.3) is 33.9 Å². The largest absolute Gasteiger partial charge is 0.357 e. The van der Waals surface area contributed by atoms with E-state index in [0.29, 0.717) is 16.9 Å². The summed E-state index contributed by atoms with van der Waals surface area (Å²) in [6.45, 7) is 0. The monoisotopic (exact) mass is 296 g/mol. The molecule has 0 aliphatic rings. The maximum Gasteiger partial charge on any atom is 0.263 e. The van der Waals surface area contributed by atoms with E-state index < -0.39 is 0 Å². The number of fused-ring (bicyclic) bond motifs is 1. The number of hydrogen-bond acceptors (Lipinski definition) is 5. The Balaban J connectivity index is 1.85. The maximum atomic E-state index is 12.2. The summed E-state index contributed by atoms with van der Waals surface area (Å²) in [7, 11) is 3.71. The molecule has 0 fully saturated rings. The highest BCUT2D eigenvalue weighted by molar-refractivity contribution is 5.78. The first kappa shape index (κ1) is 12.6. The summed E-state index contributed by atoms with van der Waals surface area (Å²) < 4.78 is 8.80. The van der Waals surface area contributed by atoms with Crippen molar-refractivity contribution in [3.05, 3.63) is 41.1 Å². The molecular weight excluding hydrogens is 284 g/mol. The molecule has 0 aromatic carbocycles. The van der Waals surface area contributed by atoms with E-state index in [0.717, 1.165) is 11.1 Å². The lowest BCUT2D eigenvalue weighted by atomic mass is 10.2. The minimum atomic E-state index is -0.288. The number of aryl methyl sites for hydroxylation is 2. The van der Waals surface area contributed by atoms with Gasteiger partial charge in [0.15, 0.2) is 0 Å². The van der Waals surface area contributed by atoms with Gasteiger partial charge in [-0.15, -0.1) is 0 Å². The molecule has 4 aromatic heterocycles. The van der Waals surface area contributed by atoms with Gasteiger partial charge in [-0.1, -0.05) is 5.16 Å². The van der Waals surface area contributed by atoms with Crippen LogP contribution in [0, 0.1) is 0 Å². The van der Waals surface area contributed by atoms with Gasteiger partial charge in [0.2, 0.25) is 5.82 Å². The molecule has 4 aromatic rings. The summed E-state index contributed by atoms with van der Waals surface area (Å²) in [4.78, 5) is 19.2. The molecular formula is C14H12N6O2. The third kappa shape index (κ3) is 1.85. The van der Waals surface area contributed by atoms with E-state index >= 15 is 0 Å². The average molecular weight is 296 g/mol. The van der Waals surface area contributed by atoms with Gasteiger partial charge in [-0.05, 0) is 12.1 Å². The van der Waals surface area contributed by atoms with Crippen molar-refractivity contribution in [2.24, 2.45) is 14.1 Å². The molecule has 0 radical (unpaired) electrons. The van der Waals surface area contributed by atoms with Crippen molar-refractivity contribution in [1.82, 2.24) is 29.5 Å². The highest BCUT2D eigenvalue weighted by Gasteiger charge is 2.16. The zero-order valence-corrected chi connectivity index (χ0v) is 11.9. The highest BCUT2D eigenvalue weighted by atomic mass is 16.5. The van der Waals surface area contributed by atoms with Gasteiger partial charge >= 0.3 is 0 Å². The predicted octanol–water partition coefficient (Wildman–Crippen LogP) is 1.32. The number of rotatable bonds is 2. The molecule has 0 amide bonds. The molecule has 8 heteroatoms. The van der Waals surface area contributed by atoms with Crippen molar-refractivity contribution in [3.63, 3.8) is 0 Å². The molecule has 0 saturated heterocycles. The summed E-state index contributed by atoms with van der Waals surface area (Å²) >= 11 is 0. The Labute approximate surface area is 124 Å². The summed E-state index contributed by atoms with van der Waals surface area (Å²) in [5.74, 6) is 0.628. The molecule has 0 aliphatic heterocycles. The number of H-pyrrole nitrogens is 1. The van der Waals surface area contributed by atoms with Gasteiger partial charge in [0.25, 0.3) is 11.4 Å². The Morgan fingerprint density at radius 1 is 1.32 bits per heavy atom. The number of nitrogens with one attached hydrogen (secondary N) is 1. The van der Waals surface area contributed by atoms with Crippen LogP contribution in [0.2, 0.25) is 0 Å². The van der Waals surface area contributed by atoms with Crippen molar-refractivity contribution >= 4 is 11.0 Å². The molecule has 110 valence electrons. The van der Waals surface area contributed by atoms with Crippen LogP contribution in [0.4, 0.5) is 0 Å². The predicted molar refractivity (Wildman–Crippen MR) is 79.0 cm³/mol. The Bertz CT molecular complexity index is 1040. The zero-order chi connectivity index (χ0) is 15.3. The van der Waals surface area contributed by atoms with Crippen molar-refractivity contribution in [2.75, 3.05) is 0 Å². The standard InChI is InChI=1S/C14H12N6O2/c1-19-4-3-8(7-19)12-17-14(22-18-12)9-5-11-10(16-13(9)21)6-15-20(11)2/h3-7H,1-2H3,(H,16,21). The van der Waals surface area contributed by atoms with E-state index in [4.69, 9.17) is 4.52 Å². The van der Waals surface area contributed by atoms with Gasteiger partial charge in [0, 0.05) is 32.1 Å². The van der Waals surface area contributed by atoms with E-state index in [1.807, 2.05) is 30.1 Å². The average Bonchev–Trinajstić information content (AvgIpc) is 3.19. The molecule has 0 bridgehead atoms. The quantitative estimate of drug-likeness (QED) is 0.602. The molecule has 0 atom stereocenters. The summed E-state index contributed by atoms with van der Waals surface area (Å²) in [6, 6.07) is 3.58. The van der Waals surface area contributed by atoms with E-state index in [1.165, 1.54) is 0 Å². The van der Waals surface area contributed by atoms with Crippen LogP contribution in [0.1, 0.15) is 0 Å². The third-order valence-electron chi connectivity index (χ3n) is 3.51. The lowest BCUT2D eigenvalue weighted by Gasteiger charge is -1.96. The number of aromatic amines is 1. The Kier molecular flexibility index (Phi) is 2.52. The number of pyridine rings is 1. The lowest BCUT2D eigenvalue weighted by molar-refractivity contribution is 0.432. The van der Waals surface area contributed by atoms with Gasteiger partial charge < -0.3 is 14.1 Å². The SMILES string of the molecule is Cn1ccc(-c2noc(-c3cc4c(cnn4C)[nH]c3=O)n2)c1. The second-order valence-corrected chi connectivity index (χ2v) is 5.07. The van der Waals surface area contributed by atoms with Crippen LogP contribution >= 0.6 is 0 Å². The smallest absolute Gasteiger partial charge is 0.263 e. The van der Waals surface area contributed by atoms with Crippen LogP contribution in [0.15, 0.2) is 40.0 Å². The number of aromatic nitrogens is 6. The summed E-state index contributed by atoms with van der Waals surface area (Å²) in [6.07, 6.45) is 5.37. The topological polar surface area (TPSA) is 94.5 Å². The molecule has 4 rings (SSSR count). The van der Waals surface area contributed by atoms with Crippen LogP contribution in [0.3, 0.4) is 0 Å². The third-order valence-corrected chi connectivity index (χ3v) is 3.51. The second-order valence-electron chi connectivity index (χ2n) is 5.07. The fourth-order valence-corrected chi connectivity index (χ4v) is 2.35. The fraction of sp³-hybridized carbons (Fsp3) is 0.143.